The predicted octanol–water partition coefficient (Wildman–Crippen LogP) is 5.92. The van der Waals surface area contributed by atoms with Crippen molar-refractivity contribution < 1.29 is 4.42 Å². The van der Waals surface area contributed by atoms with E-state index in [4.69, 9.17) is 4.42 Å². The van der Waals surface area contributed by atoms with Crippen LogP contribution < -0.4 is 0 Å². The largest absolute Gasteiger partial charge is 0.436 e. The van der Waals surface area contributed by atoms with E-state index in [1.165, 1.54) is 0 Å². The van der Waals surface area contributed by atoms with Crippen molar-refractivity contribution >= 4 is 27.0 Å². The summed E-state index contributed by atoms with van der Waals surface area (Å²) in [5.41, 5.74) is 4.91. The number of para-hydroxylation sites is 2. The molecule has 0 unspecified atom stereocenters. The van der Waals surface area contributed by atoms with Crippen LogP contribution in [0, 0.1) is 0 Å². The Labute approximate surface area is 136 Å². The van der Waals surface area contributed by atoms with Crippen LogP contribution in [0.15, 0.2) is 81.7 Å². The number of rotatable bonds is 2. The second-order valence-electron chi connectivity index (χ2n) is 5.04. The molecule has 4 aromatic rings. The van der Waals surface area contributed by atoms with Crippen molar-refractivity contribution in [3.05, 3.63) is 77.3 Å². The Bertz CT molecular complexity index is 911. The summed E-state index contributed by atoms with van der Waals surface area (Å²) in [5.74, 6) is 0.640. The smallest absolute Gasteiger partial charge is 0.227 e. The Kier molecular flexibility index (Phi) is 3.28. The van der Waals surface area contributed by atoms with Crippen LogP contribution in [0.4, 0.5) is 0 Å². The van der Waals surface area contributed by atoms with Crippen LogP contribution in [0.2, 0.25) is 0 Å². The van der Waals surface area contributed by atoms with E-state index in [9.17, 15) is 0 Å². The van der Waals surface area contributed by atoms with Crippen molar-refractivity contribution in [2.45, 2.75) is 0 Å². The summed E-state index contributed by atoms with van der Waals surface area (Å²) in [6.07, 6.45) is 0. The maximum absolute atomic E-state index is 5.94. The molecule has 4 rings (SSSR count). The second-order valence-corrected chi connectivity index (χ2v) is 5.96. The zero-order valence-corrected chi connectivity index (χ0v) is 13.2. The molecule has 2 nitrogen and oxygen atoms in total. The Morgan fingerprint density at radius 1 is 0.773 bits per heavy atom. The molecule has 3 heteroatoms. The summed E-state index contributed by atoms with van der Waals surface area (Å²) in [7, 11) is 0. The van der Waals surface area contributed by atoms with Crippen molar-refractivity contribution in [2.24, 2.45) is 0 Å². The third-order valence-corrected chi connectivity index (χ3v) is 4.08. The van der Waals surface area contributed by atoms with Gasteiger partial charge in [0.15, 0.2) is 5.58 Å². The molecule has 0 aliphatic rings. The van der Waals surface area contributed by atoms with E-state index in [1.54, 1.807) is 0 Å². The summed E-state index contributed by atoms with van der Waals surface area (Å²) in [6, 6.07) is 24.3. The van der Waals surface area contributed by atoms with Gasteiger partial charge in [-0.3, -0.25) is 0 Å². The normalized spacial score (nSPS) is 11.0. The van der Waals surface area contributed by atoms with Crippen molar-refractivity contribution in [3.63, 3.8) is 0 Å². The molecule has 0 fully saturated rings. The highest BCUT2D eigenvalue weighted by atomic mass is 79.9. The van der Waals surface area contributed by atoms with Gasteiger partial charge in [0, 0.05) is 10.0 Å². The molecule has 0 saturated heterocycles. The standard InChI is InChI=1S/C19H12BrNO/c20-14-10-11-15(13-6-2-1-3-7-13)16(12-14)19-21-17-8-4-5-9-18(17)22-19/h1-12H. The summed E-state index contributed by atoms with van der Waals surface area (Å²) in [6.45, 7) is 0. The molecule has 0 spiro atoms. The molecule has 1 heterocycles. The lowest BCUT2D eigenvalue weighted by Crippen LogP contribution is -1.85. The average Bonchev–Trinajstić information content (AvgIpc) is 2.99. The number of fused-ring (bicyclic) bond motifs is 1. The molecule has 0 saturated carbocycles. The van der Waals surface area contributed by atoms with E-state index in [-0.39, 0.29) is 0 Å². The first kappa shape index (κ1) is 13.3. The number of nitrogens with zero attached hydrogens (tertiary/aromatic N) is 1. The summed E-state index contributed by atoms with van der Waals surface area (Å²) >= 11 is 3.54. The first-order valence-electron chi connectivity index (χ1n) is 7.02. The molecule has 106 valence electrons. The zero-order chi connectivity index (χ0) is 14.9. The van der Waals surface area contributed by atoms with E-state index >= 15 is 0 Å². The molecular weight excluding hydrogens is 338 g/mol. The van der Waals surface area contributed by atoms with Crippen LogP contribution in [0.25, 0.3) is 33.7 Å². The summed E-state index contributed by atoms with van der Waals surface area (Å²) in [4.78, 5) is 4.62. The number of benzene rings is 3. The van der Waals surface area contributed by atoms with Crippen molar-refractivity contribution in [1.82, 2.24) is 4.98 Å². The molecule has 0 radical (unpaired) electrons. The molecule has 3 aromatic carbocycles. The number of hydrogen-bond acceptors (Lipinski definition) is 2. The SMILES string of the molecule is Brc1ccc(-c2ccccc2)c(-c2nc3ccccc3o2)c1. The topological polar surface area (TPSA) is 26.0 Å². The number of oxazole rings is 1. The van der Waals surface area contributed by atoms with Crippen LogP contribution in [-0.4, -0.2) is 4.98 Å². The fourth-order valence-corrected chi connectivity index (χ4v) is 2.91. The Morgan fingerprint density at radius 2 is 1.55 bits per heavy atom. The van der Waals surface area contributed by atoms with Gasteiger partial charge in [-0.15, -0.1) is 0 Å². The molecule has 0 amide bonds. The molecule has 1 aromatic heterocycles. The van der Waals surface area contributed by atoms with Gasteiger partial charge in [-0.05, 0) is 35.4 Å². The molecule has 0 aliphatic carbocycles. The van der Waals surface area contributed by atoms with Crippen LogP contribution in [0.3, 0.4) is 0 Å². The molecule has 0 N–H and O–H groups in total. The van der Waals surface area contributed by atoms with Gasteiger partial charge >= 0.3 is 0 Å². The van der Waals surface area contributed by atoms with Crippen LogP contribution >= 0.6 is 15.9 Å². The van der Waals surface area contributed by atoms with Gasteiger partial charge in [0.05, 0.1) is 0 Å². The maximum Gasteiger partial charge on any atom is 0.227 e. The van der Waals surface area contributed by atoms with Gasteiger partial charge in [-0.1, -0.05) is 64.5 Å². The minimum absolute atomic E-state index is 0.640. The summed E-state index contributed by atoms with van der Waals surface area (Å²) in [5, 5.41) is 0. The first-order valence-corrected chi connectivity index (χ1v) is 7.81. The first-order chi connectivity index (χ1) is 10.8. The molecular formula is C19H12BrNO. The minimum atomic E-state index is 0.640. The zero-order valence-electron chi connectivity index (χ0n) is 11.7. The highest BCUT2D eigenvalue weighted by molar-refractivity contribution is 9.10. The monoisotopic (exact) mass is 349 g/mol. The lowest BCUT2D eigenvalue weighted by molar-refractivity contribution is 0.620. The third kappa shape index (κ3) is 2.34. The average molecular weight is 350 g/mol. The number of aromatic nitrogens is 1. The number of halogens is 1. The van der Waals surface area contributed by atoms with Crippen LogP contribution in [0.5, 0.6) is 0 Å². The minimum Gasteiger partial charge on any atom is -0.436 e. The molecule has 0 aliphatic heterocycles. The lowest BCUT2D eigenvalue weighted by Gasteiger charge is -2.07. The van der Waals surface area contributed by atoms with Gasteiger partial charge in [0.1, 0.15) is 5.52 Å². The van der Waals surface area contributed by atoms with Crippen LogP contribution in [-0.2, 0) is 0 Å². The van der Waals surface area contributed by atoms with E-state index in [0.717, 1.165) is 32.3 Å². The maximum atomic E-state index is 5.94. The van der Waals surface area contributed by atoms with Gasteiger partial charge in [-0.2, -0.15) is 0 Å². The number of hydrogen-bond donors (Lipinski definition) is 0. The second kappa shape index (κ2) is 5.43. The fraction of sp³-hybridized carbons (Fsp3) is 0. The molecule has 0 atom stereocenters. The summed E-state index contributed by atoms with van der Waals surface area (Å²) < 4.78 is 6.94. The fourth-order valence-electron chi connectivity index (χ4n) is 2.55. The van der Waals surface area contributed by atoms with E-state index in [2.05, 4.69) is 39.1 Å². The van der Waals surface area contributed by atoms with Gasteiger partial charge < -0.3 is 4.42 Å². The molecule has 22 heavy (non-hydrogen) atoms. The van der Waals surface area contributed by atoms with E-state index in [1.807, 2.05) is 54.6 Å². The lowest BCUT2D eigenvalue weighted by atomic mass is 10.00. The molecule has 0 bridgehead atoms. The Morgan fingerprint density at radius 3 is 2.36 bits per heavy atom. The highest BCUT2D eigenvalue weighted by Gasteiger charge is 2.14. The van der Waals surface area contributed by atoms with Gasteiger partial charge in [-0.25, -0.2) is 4.98 Å². The Balaban J connectivity index is 1.95. The van der Waals surface area contributed by atoms with Crippen molar-refractivity contribution in [3.8, 4) is 22.6 Å². The Hall–Kier alpha value is -2.39. The van der Waals surface area contributed by atoms with Gasteiger partial charge in [0.25, 0.3) is 0 Å². The van der Waals surface area contributed by atoms with E-state index in [0.29, 0.717) is 5.89 Å². The predicted molar refractivity (Wildman–Crippen MR) is 92.6 cm³/mol. The third-order valence-electron chi connectivity index (χ3n) is 3.59. The van der Waals surface area contributed by atoms with Crippen molar-refractivity contribution in [2.75, 3.05) is 0 Å². The van der Waals surface area contributed by atoms with Gasteiger partial charge in [0.2, 0.25) is 5.89 Å². The highest BCUT2D eigenvalue weighted by Crippen LogP contribution is 2.35. The quantitative estimate of drug-likeness (QED) is 0.448. The van der Waals surface area contributed by atoms with Crippen molar-refractivity contribution in [1.29, 1.82) is 0 Å². The van der Waals surface area contributed by atoms with Crippen LogP contribution in [0.1, 0.15) is 0 Å². The van der Waals surface area contributed by atoms with E-state index < -0.39 is 0 Å².